The van der Waals surface area contributed by atoms with Crippen LogP contribution in [0.15, 0.2) is 0 Å². The lowest BCUT2D eigenvalue weighted by atomic mass is 10.1. The molecule has 0 heterocycles. The molecule has 0 aromatic rings. The van der Waals surface area contributed by atoms with Gasteiger partial charge in [-0.1, -0.05) is 13.8 Å². The van der Waals surface area contributed by atoms with Gasteiger partial charge >= 0.3 is 5.97 Å². The van der Waals surface area contributed by atoms with Crippen LogP contribution in [0.4, 0.5) is 0 Å². The van der Waals surface area contributed by atoms with Crippen LogP contribution in [0.1, 0.15) is 34.1 Å². The Hall–Kier alpha value is -0.570. The molecule has 0 aliphatic rings. The van der Waals surface area contributed by atoms with Crippen LogP contribution in [-0.4, -0.2) is 18.1 Å². The fourth-order valence-corrected chi connectivity index (χ4v) is 0.789. The predicted octanol–water partition coefficient (Wildman–Crippen LogP) is 1.31. The summed E-state index contributed by atoms with van der Waals surface area (Å²) in [7, 11) is 0. The third kappa shape index (κ3) is 4.34. The van der Waals surface area contributed by atoms with Crippen LogP contribution >= 0.6 is 0 Å². The van der Waals surface area contributed by atoms with Crippen molar-refractivity contribution < 1.29 is 9.53 Å². The van der Waals surface area contributed by atoms with Gasteiger partial charge in [-0.2, -0.15) is 0 Å². The SMILES string of the molecule is CC(C)C(=O)OC(C)(C)CCN. The van der Waals surface area contributed by atoms with Gasteiger partial charge in [-0.25, -0.2) is 0 Å². The fourth-order valence-electron chi connectivity index (χ4n) is 0.789. The summed E-state index contributed by atoms with van der Waals surface area (Å²) in [5.41, 5.74) is 4.95. The van der Waals surface area contributed by atoms with Crippen molar-refractivity contribution in [3.05, 3.63) is 0 Å². The van der Waals surface area contributed by atoms with Gasteiger partial charge in [0.2, 0.25) is 0 Å². The molecule has 3 nitrogen and oxygen atoms in total. The summed E-state index contributed by atoms with van der Waals surface area (Å²) in [6.45, 7) is 7.93. The van der Waals surface area contributed by atoms with E-state index in [1.807, 2.05) is 27.7 Å². The van der Waals surface area contributed by atoms with Gasteiger partial charge in [0, 0.05) is 0 Å². The first-order valence-electron chi connectivity index (χ1n) is 4.32. The quantitative estimate of drug-likeness (QED) is 0.652. The highest BCUT2D eigenvalue weighted by Gasteiger charge is 2.23. The normalized spacial score (nSPS) is 11.8. The first-order chi connectivity index (χ1) is 5.39. The first-order valence-corrected chi connectivity index (χ1v) is 4.32. The molecule has 0 aliphatic heterocycles. The molecule has 0 spiro atoms. The predicted molar refractivity (Wildman–Crippen MR) is 48.7 cm³/mol. The number of hydrogen-bond donors (Lipinski definition) is 1. The van der Waals surface area contributed by atoms with Crippen LogP contribution in [0.2, 0.25) is 0 Å². The maximum absolute atomic E-state index is 11.2. The fraction of sp³-hybridized carbons (Fsp3) is 0.889. The average molecular weight is 173 g/mol. The van der Waals surface area contributed by atoms with E-state index >= 15 is 0 Å². The molecule has 0 aliphatic carbocycles. The van der Waals surface area contributed by atoms with Crippen molar-refractivity contribution in [3.63, 3.8) is 0 Å². The lowest BCUT2D eigenvalue weighted by Crippen LogP contribution is -2.32. The van der Waals surface area contributed by atoms with Gasteiger partial charge in [-0.3, -0.25) is 4.79 Å². The minimum absolute atomic E-state index is 0.0675. The lowest BCUT2D eigenvalue weighted by Gasteiger charge is -2.25. The second-order valence-electron chi connectivity index (χ2n) is 3.87. The Kier molecular flexibility index (Phi) is 4.24. The number of ether oxygens (including phenoxy) is 1. The van der Waals surface area contributed by atoms with E-state index in [1.54, 1.807) is 0 Å². The molecular weight excluding hydrogens is 154 g/mol. The van der Waals surface area contributed by atoms with Crippen LogP contribution in [0.3, 0.4) is 0 Å². The van der Waals surface area contributed by atoms with E-state index < -0.39 is 5.60 Å². The van der Waals surface area contributed by atoms with Crippen LogP contribution in [0.25, 0.3) is 0 Å². The average Bonchev–Trinajstić information content (AvgIpc) is 1.85. The summed E-state index contributed by atoms with van der Waals surface area (Å²) in [5.74, 6) is -0.226. The van der Waals surface area contributed by atoms with Crippen LogP contribution < -0.4 is 5.73 Å². The minimum atomic E-state index is -0.421. The molecular formula is C9H19NO2. The maximum Gasteiger partial charge on any atom is 0.308 e. The Balaban J connectivity index is 3.96. The van der Waals surface area contributed by atoms with Crippen molar-refractivity contribution >= 4 is 5.97 Å². The molecule has 0 saturated heterocycles. The van der Waals surface area contributed by atoms with Crippen LogP contribution in [-0.2, 0) is 9.53 Å². The molecule has 0 unspecified atom stereocenters. The molecule has 12 heavy (non-hydrogen) atoms. The van der Waals surface area contributed by atoms with Crippen molar-refractivity contribution in [1.29, 1.82) is 0 Å². The molecule has 3 heteroatoms. The summed E-state index contributed by atoms with van der Waals surface area (Å²) in [4.78, 5) is 11.2. The molecule has 0 aromatic heterocycles. The zero-order valence-corrected chi connectivity index (χ0v) is 8.39. The van der Waals surface area contributed by atoms with Gasteiger partial charge in [0.05, 0.1) is 5.92 Å². The van der Waals surface area contributed by atoms with Crippen molar-refractivity contribution in [2.75, 3.05) is 6.54 Å². The number of esters is 1. The summed E-state index contributed by atoms with van der Waals surface area (Å²) in [6.07, 6.45) is 0.700. The number of rotatable bonds is 4. The molecule has 72 valence electrons. The second kappa shape index (κ2) is 4.45. The topological polar surface area (TPSA) is 52.3 Å². The largest absolute Gasteiger partial charge is 0.459 e. The molecule has 0 saturated carbocycles. The van der Waals surface area contributed by atoms with Gasteiger partial charge < -0.3 is 10.5 Å². The van der Waals surface area contributed by atoms with Crippen LogP contribution in [0.5, 0.6) is 0 Å². The number of carbonyl (C=O) groups excluding carboxylic acids is 1. The van der Waals surface area contributed by atoms with E-state index in [2.05, 4.69) is 0 Å². The number of nitrogens with two attached hydrogens (primary N) is 1. The van der Waals surface area contributed by atoms with E-state index in [4.69, 9.17) is 10.5 Å². The van der Waals surface area contributed by atoms with E-state index in [0.717, 1.165) is 0 Å². The Morgan fingerprint density at radius 1 is 1.50 bits per heavy atom. The molecule has 2 N–H and O–H groups in total. The molecule has 0 aromatic carbocycles. The summed E-state index contributed by atoms with van der Waals surface area (Å²) in [6, 6.07) is 0. The summed E-state index contributed by atoms with van der Waals surface area (Å²) >= 11 is 0. The van der Waals surface area contributed by atoms with Crippen molar-refractivity contribution in [2.45, 2.75) is 39.7 Å². The van der Waals surface area contributed by atoms with Gasteiger partial charge in [0.15, 0.2) is 0 Å². The van der Waals surface area contributed by atoms with E-state index in [1.165, 1.54) is 0 Å². The Morgan fingerprint density at radius 2 is 2.00 bits per heavy atom. The molecule has 0 fully saturated rings. The lowest BCUT2D eigenvalue weighted by molar-refractivity contribution is -0.160. The van der Waals surface area contributed by atoms with Crippen molar-refractivity contribution in [1.82, 2.24) is 0 Å². The second-order valence-corrected chi connectivity index (χ2v) is 3.87. The molecule has 0 rings (SSSR count). The number of hydrogen-bond acceptors (Lipinski definition) is 3. The van der Waals surface area contributed by atoms with E-state index in [9.17, 15) is 4.79 Å². The van der Waals surface area contributed by atoms with Gasteiger partial charge in [-0.05, 0) is 26.8 Å². The third-order valence-corrected chi connectivity index (χ3v) is 1.59. The van der Waals surface area contributed by atoms with Crippen molar-refractivity contribution in [3.8, 4) is 0 Å². The highest BCUT2D eigenvalue weighted by atomic mass is 16.6. The van der Waals surface area contributed by atoms with Gasteiger partial charge in [0.1, 0.15) is 5.60 Å². The summed E-state index contributed by atoms with van der Waals surface area (Å²) < 4.78 is 5.22. The van der Waals surface area contributed by atoms with Gasteiger partial charge in [-0.15, -0.1) is 0 Å². The molecule has 0 radical (unpaired) electrons. The zero-order chi connectivity index (χ0) is 9.78. The van der Waals surface area contributed by atoms with Gasteiger partial charge in [0.25, 0.3) is 0 Å². The van der Waals surface area contributed by atoms with E-state index in [-0.39, 0.29) is 11.9 Å². The highest BCUT2D eigenvalue weighted by molar-refractivity contribution is 5.71. The number of carbonyl (C=O) groups is 1. The zero-order valence-electron chi connectivity index (χ0n) is 8.39. The first kappa shape index (κ1) is 11.4. The maximum atomic E-state index is 11.2. The molecule has 0 atom stereocenters. The summed E-state index contributed by atoms with van der Waals surface area (Å²) in [5, 5.41) is 0. The third-order valence-electron chi connectivity index (χ3n) is 1.59. The van der Waals surface area contributed by atoms with E-state index in [0.29, 0.717) is 13.0 Å². The Labute approximate surface area is 74.3 Å². The minimum Gasteiger partial charge on any atom is -0.459 e. The Morgan fingerprint density at radius 3 is 2.33 bits per heavy atom. The van der Waals surface area contributed by atoms with Crippen molar-refractivity contribution in [2.24, 2.45) is 11.7 Å². The smallest absolute Gasteiger partial charge is 0.308 e. The molecule has 0 amide bonds. The highest BCUT2D eigenvalue weighted by Crippen LogP contribution is 2.15. The van der Waals surface area contributed by atoms with Crippen LogP contribution in [0, 0.1) is 5.92 Å². The molecule has 0 bridgehead atoms. The standard InChI is InChI=1S/C9H19NO2/c1-7(2)8(11)12-9(3,4)5-6-10/h7H,5-6,10H2,1-4H3. The monoisotopic (exact) mass is 173 g/mol. The Bertz CT molecular complexity index is 153.